The molecule has 1 atom stereocenters. The molecule has 2 saturated heterocycles. The van der Waals surface area contributed by atoms with Crippen LogP contribution in [0, 0.1) is 5.41 Å². The fraction of sp³-hybridized carbons (Fsp3) is 0.500. The summed E-state index contributed by atoms with van der Waals surface area (Å²) in [5.74, 6) is -3.93. The average molecular weight is 540 g/mol. The number of nitrogens with zero attached hydrogens (tertiary/aromatic N) is 6. The lowest BCUT2D eigenvalue weighted by Gasteiger charge is -2.31. The van der Waals surface area contributed by atoms with Crippen LogP contribution in [-0.2, 0) is 14.3 Å². The third kappa shape index (κ3) is 9.32. The molecule has 4 heterocycles. The molecule has 2 fully saturated rings. The van der Waals surface area contributed by atoms with E-state index >= 15 is 0 Å². The maximum atomic E-state index is 10.6. The molecule has 37 heavy (non-hydrogen) atoms. The van der Waals surface area contributed by atoms with E-state index in [4.69, 9.17) is 24.5 Å². The lowest BCUT2D eigenvalue weighted by Crippen LogP contribution is -2.41. The Morgan fingerprint density at radius 1 is 0.784 bits per heavy atom. The summed E-state index contributed by atoms with van der Waals surface area (Å²) in [7, 11) is 0. The first-order chi connectivity index (χ1) is 17.2. The highest BCUT2D eigenvalue weighted by Crippen LogP contribution is 2.35. The molecule has 0 radical (unpaired) electrons. The molecule has 11 nitrogen and oxygen atoms in total. The second-order valence-electron chi connectivity index (χ2n) is 7.85. The van der Waals surface area contributed by atoms with Crippen molar-refractivity contribution in [1.29, 1.82) is 0 Å². The molecule has 2 aliphatic rings. The highest BCUT2D eigenvalue weighted by atomic mass is 19.4. The summed E-state index contributed by atoms with van der Waals surface area (Å²) in [6, 6.07) is 3.69. The zero-order valence-electron chi connectivity index (χ0n) is 19.0. The predicted octanol–water partition coefficient (Wildman–Crippen LogP) is 2.27. The van der Waals surface area contributed by atoms with Gasteiger partial charge in [0.15, 0.2) is 0 Å². The fourth-order valence-electron chi connectivity index (χ4n) is 3.43. The number of rotatable bonds is 2. The molecule has 1 unspecified atom stereocenters. The molecular formula is C20H22F6N6O5. The Labute approximate surface area is 205 Å². The summed E-state index contributed by atoms with van der Waals surface area (Å²) in [6.07, 6.45) is -1.93. The minimum absolute atomic E-state index is 0.0783. The molecule has 0 aliphatic carbocycles. The second kappa shape index (κ2) is 12.5. The molecule has 17 heteroatoms. The average Bonchev–Trinajstić information content (AvgIpc) is 3.13. The number of carboxylic acid groups (broad SMARTS) is 2. The molecule has 204 valence electrons. The van der Waals surface area contributed by atoms with Gasteiger partial charge in [0.25, 0.3) is 0 Å². The van der Waals surface area contributed by atoms with E-state index in [-0.39, 0.29) is 5.41 Å². The van der Waals surface area contributed by atoms with E-state index < -0.39 is 24.3 Å². The Morgan fingerprint density at radius 3 is 1.54 bits per heavy atom. The first kappa shape index (κ1) is 29.5. The number of ether oxygens (including phenoxy) is 1. The maximum absolute atomic E-state index is 10.6. The van der Waals surface area contributed by atoms with Crippen molar-refractivity contribution >= 4 is 23.8 Å². The number of anilines is 2. The van der Waals surface area contributed by atoms with Crippen LogP contribution in [0.25, 0.3) is 0 Å². The van der Waals surface area contributed by atoms with Gasteiger partial charge >= 0.3 is 24.3 Å². The van der Waals surface area contributed by atoms with Crippen molar-refractivity contribution in [1.82, 2.24) is 19.9 Å². The molecule has 2 aromatic rings. The first-order valence-electron chi connectivity index (χ1n) is 10.5. The molecule has 2 aromatic heterocycles. The van der Waals surface area contributed by atoms with E-state index in [9.17, 15) is 26.3 Å². The second-order valence-corrected chi connectivity index (χ2v) is 7.85. The Bertz CT molecular complexity index is 990. The van der Waals surface area contributed by atoms with Gasteiger partial charge in [-0.25, -0.2) is 29.5 Å². The van der Waals surface area contributed by atoms with E-state index in [2.05, 4.69) is 29.7 Å². The molecule has 0 amide bonds. The molecule has 2 aliphatic heterocycles. The molecule has 0 saturated carbocycles. The molecule has 4 rings (SSSR count). The number of hydrogen-bond acceptors (Lipinski definition) is 9. The van der Waals surface area contributed by atoms with Crippen molar-refractivity contribution in [3.8, 4) is 0 Å². The van der Waals surface area contributed by atoms with Gasteiger partial charge in [-0.1, -0.05) is 0 Å². The quantitative estimate of drug-likeness (QED) is 0.542. The number of halogens is 6. The smallest absolute Gasteiger partial charge is 0.475 e. The van der Waals surface area contributed by atoms with Crippen LogP contribution in [-0.4, -0.2) is 93.8 Å². The Hall–Kier alpha value is -3.76. The van der Waals surface area contributed by atoms with Crippen LogP contribution < -0.4 is 9.80 Å². The number of alkyl halides is 6. The molecule has 0 aromatic carbocycles. The molecular weight excluding hydrogens is 518 g/mol. The summed E-state index contributed by atoms with van der Waals surface area (Å²) in [5.41, 5.74) is 0.0783. The number of aliphatic carboxylic acids is 2. The largest absolute Gasteiger partial charge is 0.490 e. The SMILES string of the molecule is O=C(O)C(F)(F)F.O=C(O)C(F)(F)F.c1cnc(N2CCOCC3(CCN(c4ncccn4)C3)C2)nc1. The Kier molecular flexibility index (Phi) is 9.93. The van der Waals surface area contributed by atoms with Crippen molar-refractivity contribution in [2.75, 3.05) is 49.2 Å². The fourth-order valence-corrected chi connectivity index (χ4v) is 3.43. The molecule has 2 N–H and O–H groups in total. The number of aromatic nitrogens is 4. The van der Waals surface area contributed by atoms with Crippen LogP contribution in [0.1, 0.15) is 6.42 Å². The highest BCUT2D eigenvalue weighted by molar-refractivity contribution is 5.73. The van der Waals surface area contributed by atoms with Gasteiger partial charge in [0.05, 0.1) is 13.2 Å². The van der Waals surface area contributed by atoms with Crippen LogP contribution >= 0.6 is 0 Å². The van der Waals surface area contributed by atoms with Crippen LogP contribution in [0.3, 0.4) is 0 Å². The van der Waals surface area contributed by atoms with Crippen molar-refractivity contribution in [3.05, 3.63) is 36.9 Å². The number of carbonyl (C=O) groups is 2. The standard InChI is InChI=1S/C16H20N6O.2C2HF3O2/c1-4-17-14(18-5-1)21-8-3-16(11-21)12-22(9-10-23-13-16)15-19-6-2-7-20-15;2*3-2(4,5)1(6)7/h1-2,4-7H,3,8-13H2;2*(H,6,7). The third-order valence-electron chi connectivity index (χ3n) is 5.03. The summed E-state index contributed by atoms with van der Waals surface area (Å²) in [5, 5.41) is 14.2. The van der Waals surface area contributed by atoms with Gasteiger partial charge in [-0.15, -0.1) is 0 Å². The zero-order chi connectivity index (χ0) is 27.7. The highest BCUT2D eigenvalue weighted by Gasteiger charge is 2.42. The Balaban J connectivity index is 0.000000286. The van der Waals surface area contributed by atoms with E-state index in [1.807, 2.05) is 12.1 Å². The normalized spacial score (nSPS) is 19.7. The lowest BCUT2D eigenvalue weighted by atomic mass is 9.87. The third-order valence-corrected chi connectivity index (χ3v) is 5.03. The van der Waals surface area contributed by atoms with Gasteiger partial charge < -0.3 is 24.7 Å². The zero-order valence-corrected chi connectivity index (χ0v) is 19.0. The van der Waals surface area contributed by atoms with E-state index in [0.717, 1.165) is 51.1 Å². The minimum atomic E-state index is -5.08. The van der Waals surface area contributed by atoms with Gasteiger partial charge in [0.1, 0.15) is 0 Å². The van der Waals surface area contributed by atoms with Crippen LogP contribution in [0.5, 0.6) is 0 Å². The van der Waals surface area contributed by atoms with Crippen molar-refractivity contribution in [2.45, 2.75) is 18.8 Å². The predicted molar refractivity (Wildman–Crippen MR) is 114 cm³/mol. The summed E-state index contributed by atoms with van der Waals surface area (Å²) < 4.78 is 69.4. The van der Waals surface area contributed by atoms with Crippen LogP contribution in [0.15, 0.2) is 36.9 Å². The maximum Gasteiger partial charge on any atom is 0.490 e. The van der Waals surface area contributed by atoms with Gasteiger partial charge in [-0.2, -0.15) is 26.3 Å². The monoisotopic (exact) mass is 540 g/mol. The minimum Gasteiger partial charge on any atom is -0.475 e. The van der Waals surface area contributed by atoms with Gasteiger partial charge in [0.2, 0.25) is 11.9 Å². The number of hydrogen-bond donors (Lipinski definition) is 2. The van der Waals surface area contributed by atoms with Gasteiger partial charge in [0, 0.05) is 56.4 Å². The first-order valence-corrected chi connectivity index (χ1v) is 10.5. The summed E-state index contributed by atoms with van der Waals surface area (Å²) in [6.45, 7) is 5.06. The summed E-state index contributed by atoms with van der Waals surface area (Å²) in [4.78, 5) is 39.8. The van der Waals surface area contributed by atoms with Crippen molar-refractivity contribution < 1.29 is 50.9 Å². The lowest BCUT2D eigenvalue weighted by molar-refractivity contribution is -0.193. The number of carboxylic acids is 2. The van der Waals surface area contributed by atoms with Crippen molar-refractivity contribution in [2.24, 2.45) is 5.41 Å². The van der Waals surface area contributed by atoms with E-state index in [1.165, 1.54) is 0 Å². The van der Waals surface area contributed by atoms with Crippen LogP contribution in [0.4, 0.5) is 38.2 Å². The topological polar surface area (TPSA) is 142 Å². The van der Waals surface area contributed by atoms with E-state index in [1.54, 1.807) is 24.8 Å². The molecule has 1 spiro atoms. The molecule has 0 bridgehead atoms. The van der Waals surface area contributed by atoms with Crippen molar-refractivity contribution in [3.63, 3.8) is 0 Å². The van der Waals surface area contributed by atoms with Gasteiger partial charge in [-0.3, -0.25) is 0 Å². The van der Waals surface area contributed by atoms with Crippen LogP contribution in [0.2, 0.25) is 0 Å². The summed E-state index contributed by atoms with van der Waals surface area (Å²) >= 11 is 0. The van der Waals surface area contributed by atoms with Gasteiger partial charge in [-0.05, 0) is 18.6 Å². The Morgan fingerprint density at radius 2 is 1.16 bits per heavy atom. The van der Waals surface area contributed by atoms with E-state index in [0.29, 0.717) is 6.61 Å².